The van der Waals surface area contributed by atoms with Crippen LogP contribution in [0.4, 0.5) is 43.4 Å². The molecule has 0 fully saturated rings. The Morgan fingerprint density at radius 3 is 1.47 bits per heavy atom. The fourth-order valence-electron chi connectivity index (χ4n) is 3.65. The topological polar surface area (TPSA) is 24.1 Å². The molecule has 0 saturated carbocycles. The number of benzene rings is 3. The van der Waals surface area contributed by atoms with E-state index in [-0.39, 0.29) is 17.4 Å². The van der Waals surface area contributed by atoms with Gasteiger partial charge in [-0.3, -0.25) is 0 Å². The molecule has 0 aliphatic rings. The quantitative estimate of drug-likeness (QED) is 0.344. The molecule has 0 amide bonds. The lowest BCUT2D eigenvalue weighted by Gasteiger charge is -2.20. The van der Waals surface area contributed by atoms with Crippen molar-refractivity contribution in [3.8, 4) is 11.1 Å². The summed E-state index contributed by atoms with van der Waals surface area (Å²) in [5, 5.41) is 5.76. The SMILES string of the molecule is CC(C)Nc1ccc(-c2ccc(Nc3ccc(C(C)C)cc3)cc2C(F)(F)F)c(C(F)(F)F)c1. The van der Waals surface area contributed by atoms with Crippen LogP contribution >= 0.6 is 0 Å². The number of nitrogens with one attached hydrogen (secondary N) is 2. The molecule has 0 aliphatic carbocycles. The molecule has 3 aromatic rings. The van der Waals surface area contributed by atoms with Gasteiger partial charge in [0.2, 0.25) is 0 Å². The Kier molecular flexibility index (Phi) is 7.19. The van der Waals surface area contributed by atoms with E-state index in [0.29, 0.717) is 11.6 Å². The Hall–Kier alpha value is -3.16. The predicted octanol–water partition coefficient (Wildman–Crippen LogP) is 9.08. The van der Waals surface area contributed by atoms with Gasteiger partial charge in [0.1, 0.15) is 0 Å². The first-order valence-electron chi connectivity index (χ1n) is 10.8. The summed E-state index contributed by atoms with van der Waals surface area (Å²) in [6.45, 7) is 7.56. The van der Waals surface area contributed by atoms with E-state index in [1.165, 1.54) is 12.1 Å². The van der Waals surface area contributed by atoms with Crippen LogP contribution in [0.2, 0.25) is 0 Å². The number of hydrogen-bond donors (Lipinski definition) is 2. The summed E-state index contributed by atoms with van der Waals surface area (Å²) in [5.74, 6) is 0.301. The van der Waals surface area contributed by atoms with Gasteiger partial charge in [-0.05, 0) is 72.9 Å². The van der Waals surface area contributed by atoms with E-state index in [9.17, 15) is 26.3 Å². The number of halogens is 6. The average molecular weight is 480 g/mol. The molecule has 0 spiro atoms. The minimum Gasteiger partial charge on any atom is -0.383 e. The first-order chi connectivity index (χ1) is 15.8. The summed E-state index contributed by atoms with van der Waals surface area (Å²) in [6.07, 6.45) is -9.69. The smallest absolute Gasteiger partial charge is 0.383 e. The van der Waals surface area contributed by atoms with Crippen molar-refractivity contribution in [2.75, 3.05) is 10.6 Å². The molecule has 0 aromatic heterocycles. The van der Waals surface area contributed by atoms with Gasteiger partial charge in [-0.1, -0.05) is 38.1 Å². The largest absolute Gasteiger partial charge is 0.417 e. The molecule has 8 heteroatoms. The van der Waals surface area contributed by atoms with E-state index in [1.54, 1.807) is 26.0 Å². The van der Waals surface area contributed by atoms with Crippen LogP contribution in [0.5, 0.6) is 0 Å². The van der Waals surface area contributed by atoms with Crippen LogP contribution in [0.1, 0.15) is 50.3 Å². The fourth-order valence-corrected chi connectivity index (χ4v) is 3.65. The van der Waals surface area contributed by atoms with Crippen molar-refractivity contribution < 1.29 is 26.3 Å². The highest BCUT2D eigenvalue weighted by molar-refractivity contribution is 5.77. The second-order valence-corrected chi connectivity index (χ2v) is 8.72. The monoisotopic (exact) mass is 480 g/mol. The van der Waals surface area contributed by atoms with Crippen LogP contribution in [0, 0.1) is 0 Å². The standard InChI is InChI=1S/C26H26F6N2/c1-15(2)17-5-7-18(8-6-17)34-20-10-12-22(24(14-20)26(30,31)32)21-11-9-19(33-16(3)4)13-23(21)25(27,28)29/h5-16,33-34H,1-4H3. The Morgan fingerprint density at radius 2 is 1.03 bits per heavy atom. The molecule has 0 saturated heterocycles. The molecular weight excluding hydrogens is 454 g/mol. The third-order valence-corrected chi connectivity index (χ3v) is 5.26. The third-order valence-electron chi connectivity index (χ3n) is 5.26. The molecule has 0 unspecified atom stereocenters. The molecule has 182 valence electrons. The van der Waals surface area contributed by atoms with Gasteiger partial charge in [0.25, 0.3) is 0 Å². The highest BCUT2D eigenvalue weighted by Crippen LogP contribution is 2.44. The molecule has 0 heterocycles. The zero-order chi connectivity index (χ0) is 25.3. The Morgan fingerprint density at radius 1 is 0.588 bits per heavy atom. The van der Waals surface area contributed by atoms with Crippen molar-refractivity contribution in [1.82, 2.24) is 0 Å². The third kappa shape index (κ3) is 6.04. The summed E-state index contributed by atoms with van der Waals surface area (Å²) >= 11 is 0. The zero-order valence-corrected chi connectivity index (χ0v) is 19.2. The van der Waals surface area contributed by atoms with Crippen molar-refractivity contribution in [3.63, 3.8) is 0 Å². The van der Waals surface area contributed by atoms with Crippen molar-refractivity contribution in [1.29, 1.82) is 0 Å². The number of anilines is 3. The van der Waals surface area contributed by atoms with E-state index in [2.05, 4.69) is 10.6 Å². The molecule has 34 heavy (non-hydrogen) atoms. The Balaban J connectivity index is 2.07. The molecule has 0 bridgehead atoms. The van der Waals surface area contributed by atoms with Gasteiger partial charge in [-0.25, -0.2) is 0 Å². The lowest BCUT2D eigenvalue weighted by Crippen LogP contribution is -2.14. The minimum absolute atomic E-state index is 0.125. The van der Waals surface area contributed by atoms with Crippen LogP contribution in [-0.2, 0) is 12.4 Å². The summed E-state index contributed by atoms with van der Waals surface area (Å²) in [7, 11) is 0. The molecule has 0 atom stereocenters. The first kappa shape index (κ1) is 25.5. The highest BCUT2D eigenvalue weighted by atomic mass is 19.4. The summed E-state index contributed by atoms with van der Waals surface area (Å²) in [6, 6.07) is 13.6. The van der Waals surface area contributed by atoms with Gasteiger partial charge < -0.3 is 10.6 Å². The van der Waals surface area contributed by atoms with Gasteiger partial charge in [0.05, 0.1) is 11.1 Å². The second kappa shape index (κ2) is 9.60. The van der Waals surface area contributed by atoms with Gasteiger partial charge >= 0.3 is 12.4 Å². The molecule has 3 rings (SSSR count). The summed E-state index contributed by atoms with van der Waals surface area (Å²) in [4.78, 5) is 0. The molecule has 0 aliphatic heterocycles. The molecule has 3 aromatic carbocycles. The van der Waals surface area contributed by atoms with Crippen molar-refractivity contribution >= 4 is 17.1 Å². The number of hydrogen-bond acceptors (Lipinski definition) is 2. The maximum absolute atomic E-state index is 14.0. The van der Waals surface area contributed by atoms with Crippen LogP contribution < -0.4 is 10.6 Å². The number of alkyl halides is 6. The molecule has 2 N–H and O–H groups in total. The fraction of sp³-hybridized carbons (Fsp3) is 0.308. The maximum atomic E-state index is 14.0. The zero-order valence-electron chi connectivity index (χ0n) is 19.2. The predicted molar refractivity (Wildman–Crippen MR) is 124 cm³/mol. The van der Waals surface area contributed by atoms with Gasteiger partial charge in [0.15, 0.2) is 0 Å². The molecular formula is C26H26F6N2. The summed E-state index contributed by atoms with van der Waals surface area (Å²) in [5.41, 5.74) is -1.38. The van der Waals surface area contributed by atoms with Gasteiger partial charge in [0, 0.05) is 23.1 Å². The number of rotatable bonds is 6. The van der Waals surface area contributed by atoms with Crippen LogP contribution in [0.15, 0.2) is 60.7 Å². The lowest BCUT2D eigenvalue weighted by atomic mass is 9.93. The van der Waals surface area contributed by atoms with E-state index in [1.807, 2.05) is 26.0 Å². The second-order valence-electron chi connectivity index (χ2n) is 8.72. The van der Waals surface area contributed by atoms with Crippen LogP contribution in [0.3, 0.4) is 0 Å². The van der Waals surface area contributed by atoms with Crippen molar-refractivity contribution in [3.05, 3.63) is 77.4 Å². The van der Waals surface area contributed by atoms with Crippen LogP contribution in [-0.4, -0.2) is 6.04 Å². The van der Waals surface area contributed by atoms with E-state index in [4.69, 9.17) is 0 Å². The average Bonchev–Trinajstić information content (AvgIpc) is 2.72. The van der Waals surface area contributed by atoms with E-state index >= 15 is 0 Å². The Bertz CT molecular complexity index is 1130. The van der Waals surface area contributed by atoms with Crippen LogP contribution in [0.25, 0.3) is 11.1 Å². The van der Waals surface area contributed by atoms with E-state index < -0.39 is 34.6 Å². The maximum Gasteiger partial charge on any atom is 0.417 e. The summed E-state index contributed by atoms with van der Waals surface area (Å²) < 4.78 is 83.3. The first-order valence-corrected chi connectivity index (χ1v) is 10.8. The van der Waals surface area contributed by atoms with Gasteiger partial charge in [-0.15, -0.1) is 0 Å². The van der Waals surface area contributed by atoms with E-state index in [0.717, 1.165) is 29.8 Å². The Labute approximate surface area is 195 Å². The van der Waals surface area contributed by atoms with Gasteiger partial charge in [-0.2, -0.15) is 26.3 Å². The minimum atomic E-state index is -4.85. The highest BCUT2D eigenvalue weighted by Gasteiger charge is 2.38. The lowest BCUT2D eigenvalue weighted by molar-refractivity contribution is -0.139. The molecule has 2 nitrogen and oxygen atoms in total. The van der Waals surface area contributed by atoms with Crippen molar-refractivity contribution in [2.45, 2.75) is 52.0 Å². The normalized spacial score (nSPS) is 12.4. The van der Waals surface area contributed by atoms with Crippen molar-refractivity contribution in [2.24, 2.45) is 0 Å². The molecule has 0 radical (unpaired) electrons.